The number of nitrogen functional groups attached to an aromatic ring is 1. The smallest absolute Gasteiger partial charge is 0.248 e. The van der Waals surface area contributed by atoms with Crippen molar-refractivity contribution in [2.24, 2.45) is 0 Å². The fourth-order valence-corrected chi connectivity index (χ4v) is 3.12. The molecule has 8 heteroatoms. The highest BCUT2D eigenvalue weighted by Gasteiger charge is 2.30. The van der Waals surface area contributed by atoms with Gasteiger partial charge < -0.3 is 5.73 Å². The first-order valence-electron chi connectivity index (χ1n) is 5.46. The van der Waals surface area contributed by atoms with Crippen molar-refractivity contribution in [3.05, 3.63) is 23.8 Å². The molecule has 2 N–H and O–H groups in total. The molecule has 0 saturated carbocycles. The molecule has 0 aromatic heterocycles. The summed E-state index contributed by atoms with van der Waals surface area (Å²) < 4.78 is 52.3. The molecule has 104 valence electrons. The van der Waals surface area contributed by atoms with Crippen LogP contribution >= 0.6 is 0 Å². The van der Waals surface area contributed by atoms with Crippen LogP contribution in [0, 0.1) is 23.0 Å². The second kappa shape index (κ2) is 5.95. The van der Waals surface area contributed by atoms with Gasteiger partial charge in [-0.1, -0.05) is 6.92 Å². The zero-order valence-corrected chi connectivity index (χ0v) is 11.0. The number of hydrogen-bond donors (Lipinski definition) is 1. The van der Waals surface area contributed by atoms with Crippen LogP contribution in [0.2, 0.25) is 0 Å². The van der Waals surface area contributed by atoms with E-state index < -0.39 is 26.6 Å². The third-order valence-corrected chi connectivity index (χ3v) is 4.47. The minimum atomic E-state index is -4.32. The second-order valence-electron chi connectivity index (χ2n) is 3.72. The van der Waals surface area contributed by atoms with Crippen molar-refractivity contribution in [3.8, 4) is 6.07 Å². The molecule has 5 nitrogen and oxygen atoms in total. The minimum Gasteiger partial charge on any atom is -0.399 e. The fourth-order valence-electron chi connectivity index (χ4n) is 1.58. The van der Waals surface area contributed by atoms with Gasteiger partial charge in [0.25, 0.3) is 0 Å². The first kappa shape index (κ1) is 15.3. The summed E-state index contributed by atoms with van der Waals surface area (Å²) in [6, 6.07) is 3.27. The number of anilines is 1. The highest BCUT2D eigenvalue weighted by Crippen LogP contribution is 2.25. The van der Waals surface area contributed by atoms with Crippen LogP contribution in [-0.4, -0.2) is 25.8 Å². The van der Waals surface area contributed by atoms with E-state index in [9.17, 15) is 17.2 Å². The van der Waals surface area contributed by atoms with E-state index in [2.05, 4.69) is 0 Å². The van der Waals surface area contributed by atoms with E-state index in [1.54, 1.807) is 6.07 Å². The van der Waals surface area contributed by atoms with Crippen LogP contribution in [0.1, 0.15) is 13.3 Å². The molecule has 0 aliphatic carbocycles. The molecule has 19 heavy (non-hydrogen) atoms. The normalized spacial score (nSPS) is 11.5. The standard InChI is InChI=1S/C11H13F2N3O2S/c1-2-16(5-3-4-14)19(17,18)11-9(12)6-8(15)7-10(11)13/h6-7H,2-3,5,15H2,1H3. The molecular formula is C11H13F2N3O2S. The van der Waals surface area contributed by atoms with E-state index in [1.807, 2.05) is 0 Å². The lowest BCUT2D eigenvalue weighted by Gasteiger charge is -2.20. The van der Waals surface area contributed by atoms with Crippen molar-refractivity contribution in [2.75, 3.05) is 18.8 Å². The topological polar surface area (TPSA) is 87.2 Å². The summed E-state index contributed by atoms with van der Waals surface area (Å²) in [7, 11) is -4.32. The summed E-state index contributed by atoms with van der Waals surface area (Å²) in [6.07, 6.45) is -0.0642. The fraction of sp³-hybridized carbons (Fsp3) is 0.364. The summed E-state index contributed by atoms with van der Waals surface area (Å²) in [4.78, 5) is -1.04. The molecule has 0 saturated heterocycles. The van der Waals surface area contributed by atoms with E-state index in [-0.39, 0.29) is 25.2 Å². The lowest BCUT2D eigenvalue weighted by atomic mass is 10.3. The van der Waals surface area contributed by atoms with Crippen LogP contribution in [0.25, 0.3) is 0 Å². The zero-order valence-electron chi connectivity index (χ0n) is 10.2. The number of hydrogen-bond acceptors (Lipinski definition) is 4. The van der Waals surface area contributed by atoms with Crippen molar-refractivity contribution in [3.63, 3.8) is 0 Å². The van der Waals surface area contributed by atoms with Crippen LogP contribution in [0.15, 0.2) is 17.0 Å². The van der Waals surface area contributed by atoms with E-state index in [0.717, 1.165) is 16.4 Å². The maximum absolute atomic E-state index is 13.6. The Kier molecular flexibility index (Phi) is 4.80. The van der Waals surface area contributed by atoms with Crippen molar-refractivity contribution in [2.45, 2.75) is 18.2 Å². The van der Waals surface area contributed by atoms with Gasteiger partial charge in [-0.25, -0.2) is 17.2 Å². The second-order valence-corrected chi connectivity index (χ2v) is 5.59. The van der Waals surface area contributed by atoms with Crippen LogP contribution in [-0.2, 0) is 10.0 Å². The molecule has 1 rings (SSSR count). The molecule has 0 amide bonds. The number of nitrogens with two attached hydrogens (primary N) is 1. The van der Waals surface area contributed by atoms with Crippen molar-refractivity contribution in [1.29, 1.82) is 5.26 Å². The van der Waals surface area contributed by atoms with Crippen molar-refractivity contribution >= 4 is 15.7 Å². The Hall–Kier alpha value is -1.72. The Morgan fingerprint density at radius 3 is 2.32 bits per heavy atom. The average Bonchev–Trinajstić information content (AvgIpc) is 2.27. The zero-order chi connectivity index (χ0) is 14.6. The largest absolute Gasteiger partial charge is 0.399 e. The summed E-state index contributed by atoms with van der Waals surface area (Å²) >= 11 is 0. The van der Waals surface area contributed by atoms with Crippen molar-refractivity contribution in [1.82, 2.24) is 4.31 Å². The van der Waals surface area contributed by atoms with Gasteiger partial charge in [-0.05, 0) is 12.1 Å². The Morgan fingerprint density at radius 2 is 1.89 bits per heavy atom. The molecule has 0 radical (unpaired) electrons. The number of rotatable bonds is 5. The number of sulfonamides is 1. The summed E-state index contributed by atoms with van der Waals surface area (Å²) in [5, 5.41) is 8.46. The highest BCUT2D eigenvalue weighted by molar-refractivity contribution is 7.89. The summed E-state index contributed by atoms with van der Waals surface area (Å²) in [5.74, 6) is -2.49. The van der Waals surface area contributed by atoms with E-state index >= 15 is 0 Å². The van der Waals surface area contributed by atoms with Gasteiger partial charge in [0.05, 0.1) is 6.07 Å². The summed E-state index contributed by atoms with van der Waals surface area (Å²) in [5.41, 5.74) is 5.03. The molecule has 0 fully saturated rings. The van der Waals surface area contributed by atoms with Gasteiger partial charge in [-0.2, -0.15) is 9.57 Å². The molecular weight excluding hydrogens is 276 g/mol. The van der Waals surface area contributed by atoms with Gasteiger partial charge in [0.15, 0.2) is 4.90 Å². The minimum absolute atomic E-state index is 0.00721. The van der Waals surface area contributed by atoms with Crippen LogP contribution in [0.3, 0.4) is 0 Å². The van der Waals surface area contributed by atoms with E-state index in [1.165, 1.54) is 6.92 Å². The molecule has 0 aliphatic rings. The van der Waals surface area contributed by atoms with Gasteiger partial charge in [-0.15, -0.1) is 0 Å². The monoisotopic (exact) mass is 289 g/mol. The van der Waals surface area contributed by atoms with Gasteiger partial charge >= 0.3 is 0 Å². The molecule has 0 unspecified atom stereocenters. The maximum Gasteiger partial charge on any atom is 0.248 e. The number of nitrogens with zero attached hydrogens (tertiary/aromatic N) is 2. The maximum atomic E-state index is 13.6. The number of benzene rings is 1. The third-order valence-electron chi connectivity index (χ3n) is 2.44. The quantitative estimate of drug-likeness (QED) is 0.831. The Labute approximate surface area is 110 Å². The number of halogens is 2. The number of nitriles is 1. The van der Waals surface area contributed by atoms with Crippen LogP contribution in [0.4, 0.5) is 14.5 Å². The lowest BCUT2D eigenvalue weighted by Crippen LogP contribution is -2.33. The van der Waals surface area contributed by atoms with E-state index in [0.29, 0.717) is 0 Å². The Morgan fingerprint density at radius 1 is 1.37 bits per heavy atom. The van der Waals surface area contributed by atoms with Gasteiger partial charge in [0, 0.05) is 25.2 Å². The van der Waals surface area contributed by atoms with E-state index in [4.69, 9.17) is 11.0 Å². The molecule has 0 spiro atoms. The van der Waals surface area contributed by atoms with Crippen molar-refractivity contribution < 1.29 is 17.2 Å². The average molecular weight is 289 g/mol. The Balaban J connectivity index is 3.31. The molecule has 1 aromatic rings. The predicted molar refractivity (Wildman–Crippen MR) is 65.4 cm³/mol. The first-order valence-corrected chi connectivity index (χ1v) is 6.90. The Bertz CT molecular complexity index is 588. The lowest BCUT2D eigenvalue weighted by molar-refractivity contribution is 0.423. The highest BCUT2D eigenvalue weighted by atomic mass is 32.2. The SMILES string of the molecule is CCN(CCC#N)S(=O)(=O)c1c(F)cc(N)cc1F. The molecule has 0 aliphatic heterocycles. The van der Waals surface area contributed by atoms with Gasteiger partial charge in [0.1, 0.15) is 11.6 Å². The molecule has 0 heterocycles. The molecule has 0 atom stereocenters. The van der Waals surface area contributed by atoms with Gasteiger partial charge in [-0.3, -0.25) is 0 Å². The summed E-state index contributed by atoms with van der Waals surface area (Å²) in [6.45, 7) is 1.40. The third kappa shape index (κ3) is 3.19. The predicted octanol–water partition coefficient (Wildman–Crippen LogP) is 1.47. The molecule has 1 aromatic carbocycles. The first-order chi connectivity index (χ1) is 8.84. The van der Waals surface area contributed by atoms with Gasteiger partial charge in [0.2, 0.25) is 10.0 Å². The molecule has 0 bridgehead atoms. The van der Waals surface area contributed by atoms with Crippen LogP contribution in [0.5, 0.6) is 0 Å². The van der Waals surface area contributed by atoms with Crippen LogP contribution < -0.4 is 5.73 Å².